The molecule has 1 aromatic carbocycles. The van der Waals surface area contributed by atoms with E-state index in [1.807, 2.05) is 37.3 Å². The van der Waals surface area contributed by atoms with E-state index >= 15 is 0 Å². The maximum Gasteiger partial charge on any atom is 0.264 e. The second kappa shape index (κ2) is 9.07. The molecule has 1 atom stereocenters. The van der Waals surface area contributed by atoms with E-state index in [1.165, 1.54) is 0 Å². The summed E-state index contributed by atoms with van der Waals surface area (Å²) in [6, 6.07) is 10.9. The molecule has 0 saturated carbocycles. The van der Waals surface area contributed by atoms with Crippen molar-refractivity contribution in [1.29, 1.82) is 0 Å². The monoisotopic (exact) mass is 431 g/mol. The van der Waals surface area contributed by atoms with Crippen LogP contribution in [0.3, 0.4) is 0 Å². The number of nitrogens with one attached hydrogen (secondary N) is 1. The highest BCUT2D eigenvalue weighted by molar-refractivity contribution is 5.89. The first-order valence-corrected chi connectivity index (χ1v) is 10.2. The summed E-state index contributed by atoms with van der Waals surface area (Å²) < 4.78 is 12.5. The summed E-state index contributed by atoms with van der Waals surface area (Å²) in [6.07, 6.45) is 6.83. The first-order valence-electron chi connectivity index (χ1n) is 10.2. The molecule has 8 heteroatoms. The fraction of sp³-hybridized carbons (Fsp3) is 0.208. The fourth-order valence-electron chi connectivity index (χ4n) is 3.63. The van der Waals surface area contributed by atoms with Crippen LogP contribution in [0.4, 0.5) is 11.5 Å². The second-order valence-corrected chi connectivity index (χ2v) is 7.17. The molecule has 3 aromatic rings. The predicted molar refractivity (Wildman–Crippen MR) is 128 cm³/mol. The summed E-state index contributed by atoms with van der Waals surface area (Å²) in [5.41, 5.74) is 9.96. The number of nitrogens with zero attached hydrogens (tertiary/aromatic N) is 3. The molecule has 0 radical (unpaired) electrons. The Bertz CT molecular complexity index is 1250. The number of fused-ring (bicyclic) bond motifs is 1. The number of nitrogen functional groups attached to an aromatic ring is 1. The van der Waals surface area contributed by atoms with Gasteiger partial charge >= 0.3 is 0 Å². The lowest BCUT2D eigenvalue weighted by molar-refractivity contribution is 0.115. The largest absolute Gasteiger partial charge is 0.481 e. The minimum absolute atomic E-state index is 0.196. The zero-order valence-electron chi connectivity index (χ0n) is 18.2. The smallest absolute Gasteiger partial charge is 0.264 e. The number of anilines is 2. The van der Waals surface area contributed by atoms with Crippen molar-refractivity contribution in [3.8, 4) is 22.7 Å². The number of ether oxygens (including phenoxy) is 2. The number of aliphatic imine (C=N–C) groups is 1. The van der Waals surface area contributed by atoms with Crippen LogP contribution in [-0.2, 0) is 4.74 Å². The molecule has 0 aliphatic carbocycles. The number of benzene rings is 1. The molecule has 3 heterocycles. The molecule has 0 spiro atoms. The Balaban J connectivity index is 1.94. The number of rotatable bonds is 6. The first-order chi connectivity index (χ1) is 15.5. The molecule has 4 rings (SSSR count). The third-order valence-corrected chi connectivity index (χ3v) is 5.16. The Labute approximate surface area is 186 Å². The van der Waals surface area contributed by atoms with Crippen LogP contribution in [0.2, 0.25) is 0 Å². The third kappa shape index (κ3) is 4.00. The summed E-state index contributed by atoms with van der Waals surface area (Å²) in [7, 11) is 3.23. The average Bonchev–Trinajstić information content (AvgIpc) is 2.81. The molecule has 1 aliphatic heterocycles. The summed E-state index contributed by atoms with van der Waals surface area (Å²) in [6.45, 7) is 2.46. The van der Waals surface area contributed by atoms with Crippen molar-refractivity contribution in [1.82, 2.24) is 9.55 Å². The van der Waals surface area contributed by atoms with E-state index in [9.17, 15) is 4.79 Å². The molecule has 0 bridgehead atoms. The van der Waals surface area contributed by atoms with Crippen LogP contribution in [-0.4, -0.2) is 42.8 Å². The Morgan fingerprint density at radius 1 is 1.28 bits per heavy atom. The van der Waals surface area contributed by atoms with E-state index < -0.39 is 0 Å². The van der Waals surface area contributed by atoms with Crippen molar-refractivity contribution < 1.29 is 9.47 Å². The van der Waals surface area contributed by atoms with E-state index in [0.717, 1.165) is 16.7 Å². The summed E-state index contributed by atoms with van der Waals surface area (Å²) in [4.78, 5) is 22.1. The lowest BCUT2D eigenvalue weighted by Crippen LogP contribution is -2.31. The van der Waals surface area contributed by atoms with Crippen molar-refractivity contribution >= 4 is 23.8 Å². The molecule has 0 amide bonds. The molecule has 2 aromatic heterocycles. The maximum absolute atomic E-state index is 13.7. The predicted octanol–water partition coefficient (Wildman–Crippen LogP) is 3.34. The summed E-state index contributed by atoms with van der Waals surface area (Å²) in [5.74, 6) is 1.10. The minimum atomic E-state index is -0.334. The Morgan fingerprint density at radius 3 is 2.81 bits per heavy atom. The zero-order chi connectivity index (χ0) is 22.7. The Hall–Kier alpha value is -3.91. The molecular weight excluding hydrogens is 406 g/mol. The van der Waals surface area contributed by atoms with Gasteiger partial charge in [-0.2, -0.15) is 0 Å². The van der Waals surface area contributed by atoms with Crippen molar-refractivity contribution in [2.45, 2.75) is 13.2 Å². The van der Waals surface area contributed by atoms with Crippen LogP contribution < -0.4 is 21.3 Å². The molecule has 8 nitrogen and oxygen atoms in total. The Kier molecular flexibility index (Phi) is 6.04. The van der Waals surface area contributed by atoms with E-state index in [0.29, 0.717) is 35.2 Å². The molecule has 32 heavy (non-hydrogen) atoms. The van der Waals surface area contributed by atoms with Crippen LogP contribution >= 0.6 is 0 Å². The Morgan fingerprint density at radius 2 is 2.12 bits per heavy atom. The van der Waals surface area contributed by atoms with E-state index in [-0.39, 0.29) is 11.8 Å². The van der Waals surface area contributed by atoms with Gasteiger partial charge in [0, 0.05) is 48.3 Å². The normalized spacial score (nSPS) is 14.9. The minimum Gasteiger partial charge on any atom is -0.481 e. The maximum atomic E-state index is 13.7. The van der Waals surface area contributed by atoms with Crippen molar-refractivity contribution in [2.75, 3.05) is 31.8 Å². The van der Waals surface area contributed by atoms with Gasteiger partial charge in [-0.05, 0) is 42.8 Å². The average molecular weight is 431 g/mol. The number of hydrogen-bond acceptors (Lipinski definition) is 7. The molecule has 1 aliphatic rings. The third-order valence-electron chi connectivity index (χ3n) is 5.16. The van der Waals surface area contributed by atoms with E-state index in [1.54, 1.807) is 49.3 Å². The number of pyridine rings is 2. The van der Waals surface area contributed by atoms with Gasteiger partial charge in [0.05, 0.1) is 19.0 Å². The zero-order valence-corrected chi connectivity index (χ0v) is 18.2. The van der Waals surface area contributed by atoms with Gasteiger partial charge in [-0.25, -0.2) is 4.98 Å². The molecule has 164 valence electrons. The van der Waals surface area contributed by atoms with Gasteiger partial charge in [-0.3, -0.25) is 14.4 Å². The van der Waals surface area contributed by atoms with Crippen molar-refractivity contribution in [3.05, 3.63) is 70.2 Å². The van der Waals surface area contributed by atoms with Gasteiger partial charge in [0.25, 0.3) is 5.56 Å². The number of nitrogens with two attached hydrogens (primary N) is 1. The van der Waals surface area contributed by atoms with Gasteiger partial charge in [0.2, 0.25) is 5.88 Å². The van der Waals surface area contributed by atoms with Crippen LogP contribution in [0.25, 0.3) is 22.9 Å². The van der Waals surface area contributed by atoms with Crippen molar-refractivity contribution in [3.63, 3.8) is 0 Å². The standard InChI is InChI=1S/C24H25N5O3/c1-4-32-22-9-6-16-12-19(15-5-8-20(25)17(11-15)13-26-2)24(30)29(23(16)28-22)18-7-10-21(31-3)27-14-18/h5-14,22,28H,4,25H2,1-3H3. The van der Waals surface area contributed by atoms with E-state index in [2.05, 4.69) is 15.3 Å². The van der Waals surface area contributed by atoms with Crippen LogP contribution in [0.5, 0.6) is 5.88 Å². The molecular formula is C24H25N5O3. The van der Waals surface area contributed by atoms with E-state index in [4.69, 9.17) is 15.2 Å². The van der Waals surface area contributed by atoms with Gasteiger partial charge in [-0.1, -0.05) is 12.1 Å². The molecule has 1 unspecified atom stereocenters. The topological polar surface area (TPSA) is 104 Å². The number of hydrogen-bond donors (Lipinski definition) is 2. The lowest BCUT2D eigenvalue weighted by Gasteiger charge is -2.26. The number of aromatic nitrogens is 2. The summed E-state index contributed by atoms with van der Waals surface area (Å²) in [5, 5.41) is 3.31. The van der Waals surface area contributed by atoms with Crippen LogP contribution in [0, 0.1) is 0 Å². The van der Waals surface area contributed by atoms with Gasteiger partial charge in [0.1, 0.15) is 12.0 Å². The van der Waals surface area contributed by atoms with Crippen LogP contribution in [0.1, 0.15) is 18.1 Å². The highest BCUT2D eigenvalue weighted by Gasteiger charge is 2.22. The fourth-order valence-corrected chi connectivity index (χ4v) is 3.63. The van der Waals surface area contributed by atoms with Crippen molar-refractivity contribution in [2.24, 2.45) is 4.99 Å². The number of methoxy groups -OCH3 is 1. The highest BCUT2D eigenvalue weighted by atomic mass is 16.5. The van der Waals surface area contributed by atoms with Crippen LogP contribution in [0.15, 0.2) is 58.5 Å². The quantitative estimate of drug-likeness (QED) is 0.458. The lowest BCUT2D eigenvalue weighted by atomic mass is 10.0. The highest BCUT2D eigenvalue weighted by Crippen LogP contribution is 2.30. The molecule has 3 N–H and O–H groups in total. The SMILES string of the molecule is CCOC1C=Cc2cc(-c3ccc(N)c(C=NC)c3)c(=O)n(-c3ccc(OC)nc3)c2N1. The van der Waals surface area contributed by atoms with Gasteiger partial charge < -0.3 is 20.5 Å². The van der Waals surface area contributed by atoms with Gasteiger partial charge in [-0.15, -0.1) is 0 Å². The first kappa shape index (κ1) is 21.3. The molecule has 0 fully saturated rings. The molecule has 0 saturated heterocycles. The van der Waals surface area contributed by atoms with Gasteiger partial charge in [0.15, 0.2) is 0 Å². The second-order valence-electron chi connectivity index (χ2n) is 7.17. The summed E-state index contributed by atoms with van der Waals surface area (Å²) >= 11 is 0.